The Morgan fingerprint density at radius 3 is 2.59 bits per heavy atom. The van der Waals surface area contributed by atoms with E-state index >= 15 is 4.39 Å². The van der Waals surface area contributed by atoms with Crippen molar-refractivity contribution in [3.8, 4) is 5.75 Å². The lowest BCUT2D eigenvalue weighted by atomic mass is 9.91. The van der Waals surface area contributed by atoms with Crippen molar-refractivity contribution in [3.05, 3.63) is 94.9 Å². The number of hydrogen-bond acceptors (Lipinski definition) is 9. The number of carbonyl (C=O) groups excluding carboxylic acids is 4. The summed E-state index contributed by atoms with van der Waals surface area (Å²) < 4.78 is 56.6. The molecule has 2 N–H and O–H groups in total. The molecule has 12 nitrogen and oxygen atoms in total. The van der Waals surface area contributed by atoms with Crippen LogP contribution in [0.15, 0.2) is 73.1 Å². The maximum absolute atomic E-state index is 16.4. The molecule has 7 rings (SSSR count). The Hall–Kier alpha value is -4.72. The molecular formula is C40H44F2N5O7PS. The topological polar surface area (TPSA) is 147 Å². The number of likely N-dealkylation sites (tertiary alicyclic amines) is 1. The second-order valence-electron chi connectivity index (χ2n) is 14.6. The van der Waals surface area contributed by atoms with E-state index in [2.05, 4.69) is 15.4 Å². The first-order chi connectivity index (χ1) is 27.0. The summed E-state index contributed by atoms with van der Waals surface area (Å²) in [6.45, 7) is 4.11. The van der Waals surface area contributed by atoms with Crippen molar-refractivity contribution in [2.24, 2.45) is 0 Å². The van der Waals surface area contributed by atoms with Crippen LogP contribution in [0.5, 0.6) is 5.75 Å². The molecule has 0 bridgehead atoms. The number of esters is 1. The Bertz CT molecular complexity index is 2150. The standard InChI is InChI=1S/C40H44F2N5O7PS/c1-3-18-53-40(51)24(2)45-55(52,54-29-9-5-4-6-10-29)36(42)25-12-15-34-26(19-25)20-35(56-34)37(48)44-32-11-7-8-28-13-14-33(47(28)38(32)49)39(50)46-22-27(23-46)30-21-43-17-16-31(30)41/h4-6,9-10,12,15-17,19-21,24,27-28,32-33,36H,3,7-8,11,13-14,18,22-23H2,1-2H3,(H,44,48)(H,45,52)/t24-,28-,32-,33-,36+,55?/m0/s1. The van der Waals surface area contributed by atoms with Crippen LogP contribution in [-0.4, -0.2) is 82.3 Å². The van der Waals surface area contributed by atoms with Gasteiger partial charge in [0.15, 0.2) is 0 Å². The van der Waals surface area contributed by atoms with Crippen LogP contribution >= 0.6 is 18.9 Å². The highest BCUT2D eigenvalue weighted by molar-refractivity contribution is 7.57. The van der Waals surface area contributed by atoms with Crippen molar-refractivity contribution in [3.63, 3.8) is 0 Å². The fourth-order valence-corrected chi connectivity index (χ4v) is 10.5. The molecule has 0 aliphatic carbocycles. The molecule has 6 atom stereocenters. The van der Waals surface area contributed by atoms with Gasteiger partial charge in [0.25, 0.3) is 5.91 Å². The fraction of sp³-hybridized carbons (Fsp3) is 0.425. The SMILES string of the molecule is CCCOC(=O)[C@H](C)NP(=O)(Oc1ccccc1)[C@@H](F)c1ccc2sc(C(=O)N[C@H]3CCC[C@H]4CC[C@@H](C(=O)N5CC(c6cnccc6F)C5)N4C3=O)cc2c1. The van der Waals surface area contributed by atoms with Crippen LogP contribution in [0.25, 0.3) is 10.1 Å². The van der Waals surface area contributed by atoms with Crippen LogP contribution in [0, 0.1) is 5.82 Å². The number of halogens is 2. The summed E-state index contributed by atoms with van der Waals surface area (Å²) in [6.07, 6.45) is 6.48. The van der Waals surface area contributed by atoms with Gasteiger partial charge in [-0.1, -0.05) is 31.2 Å². The summed E-state index contributed by atoms with van der Waals surface area (Å²) >= 11 is 1.16. The van der Waals surface area contributed by atoms with Gasteiger partial charge in [0.05, 0.1) is 11.5 Å². The summed E-state index contributed by atoms with van der Waals surface area (Å²) in [5.74, 6) is -4.20. The minimum atomic E-state index is -4.45. The van der Waals surface area contributed by atoms with Gasteiger partial charge in [-0.2, -0.15) is 0 Å². The average Bonchev–Trinajstić information content (AvgIpc) is 3.77. The molecule has 4 aromatic rings. The second-order valence-corrected chi connectivity index (χ2v) is 17.7. The lowest BCUT2D eigenvalue weighted by Crippen LogP contribution is -2.58. The fourth-order valence-electron chi connectivity index (χ4n) is 7.67. The van der Waals surface area contributed by atoms with E-state index in [1.165, 1.54) is 49.6 Å². The number of ether oxygens (including phenoxy) is 1. The molecule has 2 aromatic carbocycles. The summed E-state index contributed by atoms with van der Waals surface area (Å²) in [5.41, 5.74) is 0.485. The maximum Gasteiger partial charge on any atom is 0.355 e. The summed E-state index contributed by atoms with van der Waals surface area (Å²) in [6, 6.07) is 12.8. The molecule has 296 valence electrons. The summed E-state index contributed by atoms with van der Waals surface area (Å²) in [7, 11) is -4.45. The number of rotatable bonds is 13. The zero-order valence-electron chi connectivity index (χ0n) is 31.1. The summed E-state index contributed by atoms with van der Waals surface area (Å²) in [4.78, 5) is 61.5. The van der Waals surface area contributed by atoms with Gasteiger partial charge in [-0.15, -0.1) is 11.3 Å². The number of alkyl halides is 1. The Morgan fingerprint density at radius 2 is 1.84 bits per heavy atom. The first kappa shape index (κ1) is 39.5. The van der Waals surface area contributed by atoms with Crippen LogP contribution in [0.1, 0.15) is 85.0 Å². The number of thiophene rings is 1. The van der Waals surface area contributed by atoms with Crippen molar-refractivity contribution in [2.45, 2.75) is 88.4 Å². The molecule has 3 aliphatic rings. The van der Waals surface area contributed by atoms with E-state index in [1.807, 2.05) is 6.92 Å². The van der Waals surface area contributed by atoms with Crippen molar-refractivity contribution in [1.82, 2.24) is 25.2 Å². The van der Waals surface area contributed by atoms with E-state index in [9.17, 15) is 28.1 Å². The number of fused-ring (bicyclic) bond motifs is 2. The number of amides is 3. The van der Waals surface area contributed by atoms with E-state index in [0.29, 0.717) is 72.1 Å². The number of nitrogens with zero attached hydrogens (tertiary/aromatic N) is 3. The van der Waals surface area contributed by atoms with Gasteiger partial charge < -0.3 is 24.4 Å². The molecule has 0 spiro atoms. The second kappa shape index (κ2) is 16.8. The minimum absolute atomic E-state index is 0.0111. The first-order valence-electron chi connectivity index (χ1n) is 18.9. The minimum Gasteiger partial charge on any atom is -0.465 e. The van der Waals surface area contributed by atoms with Crippen molar-refractivity contribution in [2.75, 3.05) is 19.7 Å². The van der Waals surface area contributed by atoms with Crippen LogP contribution in [0.4, 0.5) is 8.78 Å². The predicted molar refractivity (Wildman–Crippen MR) is 206 cm³/mol. The predicted octanol–water partition coefficient (Wildman–Crippen LogP) is 6.87. The Labute approximate surface area is 327 Å². The van der Waals surface area contributed by atoms with Crippen molar-refractivity contribution >= 4 is 52.6 Å². The average molecular weight is 808 g/mol. The molecule has 56 heavy (non-hydrogen) atoms. The highest BCUT2D eigenvalue weighted by Gasteiger charge is 2.48. The van der Waals surface area contributed by atoms with Gasteiger partial charge in [-0.3, -0.25) is 28.7 Å². The third-order valence-electron chi connectivity index (χ3n) is 10.6. The lowest BCUT2D eigenvalue weighted by molar-refractivity contribution is -0.148. The van der Waals surface area contributed by atoms with E-state index in [1.54, 1.807) is 40.1 Å². The van der Waals surface area contributed by atoms with Gasteiger partial charge >= 0.3 is 13.5 Å². The third-order valence-corrected chi connectivity index (χ3v) is 13.8. The molecule has 5 heterocycles. The molecule has 0 saturated carbocycles. The number of aromatic nitrogens is 1. The Kier molecular flexibility index (Phi) is 11.8. The highest BCUT2D eigenvalue weighted by atomic mass is 32.1. The van der Waals surface area contributed by atoms with E-state index in [-0.39, 0.29) is 47.5 Å². The quantitative estimate of drug-likeness (QED) is 0.109. The number of benzene rings is 2. The van der Waals surface area contributed by atoms with Crippen LogP contribution in [0.3, 0.4) is 0 Å². The smallest absolute Gasteiger partial charge is 0.355 e. The number of hydrogen-bond donors (Lipinski definition) is 2. The van der Waals surface area contributed by atoms with Gasteiger partial charge in [0, 0.05) is 47.7 Å². The Morgan fingerprint density at radius 1 is 1.05 bits per heavy atom. The van der Waals surface area contributed by atoms with Crippen molar-refractivity contribution < 1.29 is 41.8 Å². The van der Waals surface area contributed by atoms with Gasteiger partial charge in [0.1, 0.15) is 29.7 Å². The number of carbonyl (C=O) groups is 4. The Balaban J connectivity index is 1.04. The lowest BCUT2D eigenvalue weighted by Gasteiger charge is -2.42. The van der Waals surface area contributed by atoms with E-state index in [0.717, 1.165) is 11.3 Å². The van der Waals surface area contributed by atoms with Crippen LogP contribution in [0.2, 0.25) is 0 Å². The molecule has 2 aromatic heterocycles. The van der Waals surface area contributed by atoms with Gasteiger partial charge in [0.2, 0.25) is 17.7 Å². The number of para-hydroxylation sites is 1. The van der Waals surface area contributed by atoms with Gasteiger partial charge in [-0.25, -0.2) is 13.9 Å². The molecule has 1 unspecified atom stereocenters. The van der Waals surface area contributed by atoms with Crippen LogP contribution < -0.4 is 14.9 Å². The van der Waals surface area contributed by atoms with E-state index in [4.69, 9.17) is 9.26 Å². The molecule has 3 saturated heterocycles. The molecule has 16 heteroatoms. The maximum atomic E-state index is 16.4. The molecule has 3 fully saturated rings. The van der Waals surface area contributed by atoms with Crippen LogP contribution in [-0.2, 0) is 23.7 Å². The zero-order valence-corrected chi connectivity index (χ0v) is 32.8. The monoisotopic (exact) mass is 807 g/mol. The van der Waals surface area contributed by atoms with Gasteiger partial charge in [-0.05, 0) is 92.8 Å². The largest absolute Gasteiger partial charge is 0.465 e. The normalized spacial score (nSPS) is 22.0. The number of nitrogens with one attached hydrogen (secondary N) is 2. The summed E-state index contributed by atoms with van der Waals surface area (Å²) in [5, 5.41) is 5.98. The third kappa shape index (κ3) is 8.21. The van der Waals surface area contributed by atoms with Crippen molar-refractivity contribution in [1.29, 1.82) is 0 Å². The molecule has 0 radical (unpaired) electrons. The molecular weight excluding hydrogens is 764 g/mol. The molecule has 3 aliphatic heterocycles. The molecule has 3 amide bonds. The zero-order chi connectivity index (χ0) is 39.6. The number of pyridine rings is 1. The highest BCUT2D eigenvalue weighted by Crippen LogP contribution is 2.58. The van der Waals surface area contributed by atoms with E-state index < -0.39 is 43.4 Å². The first-order valence-corrected chi connectivity index (χ1v) is 21.4.